The van der Waals surface area contributed by atoms with Crippen molar-refractivity contribution < 1.29 is 38.9 Å². The first kappa shape index (κ1) is 41.4. The first-order valence-electron chi connectivity index (χ1n) is 12.0. The molecule has 0 amide bonds. The Labute approximate surface area is 220 Å². The first-order valence-corrected chi connectivity index (χ1v) is 16.7. The molecule has 0 aromatic rings. The van der Waals surface area contributed by atoms with Crippen LogP contribution >= 0.6 is 0 Å². The van der Waals surface area contributed by atoms with Gasteiger partial charge in [0.05, 0.1) is 30.4 Å². The normalized spacial score (nSPS) is 11.5. The SMILES string of the molecule is CCCCCCCS(=O)(=O)[O-].CCCCCCCS(=O)(=O)[O-].CCCCCCCS(=O)(=O)[O-].[Al+3]. The van der Waals surface area contributed by atoms with Crippen LogP contribution in [0.4, 0.5) is 0 Å². The van der Waals surface area contributed by atoms with Gasteiger partial charge in [-0.15, -0.1) is 0 Å². The Morgan fingerprint density at radius 1 is 0.382 bits per heavy atom. The Bertz CT molecular complexity index is 623. The van der Waals surface area contributed by atoms with Crippen molar-refractivity contribution in [1.82, 2.24) is 0 Å². The molecule has 0 saturated heterocycles. The van der Waals surface area contributed by atoms with Crippen molar-refractivity contribution in [2.24, 2.45) is 0 Å². The fraction of sp³-hybridized carbons (Fsp3) is 1.00. The van der Waals surface area contributed by atoms with Crippen molar-refractivity contribution in [1.29, 1.82) is 0 Å². The summed E-state index contributed by atoms with van der Waals surface area (Å²) in [4.78, 5) is 0. The van der Waals surface area contributed by atoms with E-state index in [1.54, 1.807) is 0 Å². The van der Waals surface area contributed by atoms with E-state index >= 15 is 0 Å². The molecule has 0 aromatic carbocycles. The van der Waals surface area contributed by atoms with Crippen LogP contribution in [0.1, 0.15) is 117 Å². The van der Waals surface area contributed by atoms with Crippen LogP contribution in [0.3, 0.4) is 0 Å². The van der Waals surface area contributed by atoms with Gasteiger partial charge in [-0.05, 0) is 19.3 Å². The standard InChI is InChI=1S/3C7H16O3S.Al/c3*1-2-3-4-5-6-7-11(8,9)10;/h3*2-7H2,1H3,(H,8,9,10);/q;;;+3/p-3. The van der Waals surface area contributed by atoms with E-state index in [9.17, 15) is 38.9 Å². The van der Waals surface area contributed by atoms with Gasteiger partial charge in [0.15, 0.2) is 0 Å². The second-order valence-corrected chi connectivity index (χ2v) is 12.6. The zero-order chi connectivity index (χ0) is 26.2. The summed E-state index contributed by atoms with van der Waals surface area (Å²) < 4.78 is 91.0. The van der Waals surface area contributed by atoms with Crippen LogP contribution in [0.5, 0.6) is 0 Å². The average Bonchev–Trinajstić information content (AvgIpc) is 2.66. The van der Waals surface area contributed by atoms with Crippen LogP contribution in [-0.4, -0.2) is 73.5 Å². The molecule has 0 unspecified atom stereocenters. The van der Waals surface area contributed by atoms with Crippen molar-refractivity contribution in [2.75, 3.05) is 17.3 Å². The number of unbranched alkanes of at least 4 members (excludes halogenated alkanes) is 12. The molecule has 0 aliphatic rings. The van der Waals surface area contributed by atoms with Crippen molar-refractivity contribution >= 4 is 47.7 Å². The number of rotatable bonds is 18. The number of hydrogen-bond donors (Lipinski definition) is 0. The van der Waals surface area contributed by atoms with Crippen molar-refractivity contribution in [2.45, 2.75) is 117 Å². The van der Waals surface area contributed by atoms with E-state index in [0.29, 0.717) is 19.3 Å². The van der Waals surface area contributed by atoms with Gasteiger partial charge in [-0.1, -0.05) is 97.8 Å². The van der Waals surface area contributed by atoms with E-state index in [4.69, 9.17) is 0 Å². The van der Waals surface area contributed by atoms with E-state index in [0.717, 1.165) is 77.0 Å². The van der Waals surface area contributed by atoms with Crippen LogP contribution in [-0.2, 0) is 30.4 Å². The predicted octanol–water partition coefficient (Wildman–Crippen LogP) is 4.13. The molecule has 204 valence electrons. The summed E-state index contributed by atoms with van der Waals surface area (Å²) in [5.41, 5.74) is 0. The maximum atomic E-state index is 10.1. The van der Waals surface area contributed by atoms with Crippen molar-refractivity contribution in [3.63, 3.8) is 0 Å². The summed E-state index contributed by atoms with van der Waals surface area (Å²) in [7, 11) is -11.9. The van der Waals surface area contributed by atoms with E-state index in [-0.39, 0.29) is 34.6 Å². The Morgan fingerprint density at radius 3 is 0.706 bits per heavy atom. The first-order chi connectivity index (χ1) is 15.2. The molecule has 0 aliphatic carbocycles. The smallest absolute Gasteiger partial charge is 0.748 e. The molecular formula is C21H45AlO9S3. The van der Waals surface area contributed by atoms with Gasteiger partial charge >= 0.3 is 17.4 Å². The zero-order valence-electron chi connectivity index (χ0n) is 21.2. The molecule has 0 aromatic heterocycles. The van der Waals surface area contributed by atoms with Gasteiger partial charge in [0, 0.05) is 17.3 Å². The predicted molar refractivity (Wildman–Crippen MR) is 136 cm³/mol. The van der Waals surface area contributed by atoms with E-state index in [2.05, 4.69) is 20.8 Å². The largest absolute Gasteiger partial charge is 3.00 e. The van der Waals surface area contributed by atoms with Crippen molar-refractivity contribution in [3.8, 4) is 0 Å². The van der Waals surface area contributed by atoms with Crippen LogP contribution < -0.4 is 0 Å². The molecule has 0 radical (unpaired) electrons. The molecule has 13 heteroatoms. The third-order valence-corrected chi connectivity index (χ3v) is 6.86. The molecule has 9 nitrogen and oxygen atoms in total. The quantitative estimate of drug-likeness (QED) is 0.135. The fourth-order valence-corrected chi connectivity index (χ4v) is 4.32. The van der Waals surface area contributed by atoms with Gasteiger partial charge in [0.2, 0.25) is 0 Å². The summed E-state index contributed by atoms with van der Waals surface area (Å²) in [5.74, 6) is -0.593. The molecule has 0 spiro atoms. The second-order valence-electron chi connectivity index (χ2n) is 8.03. The topological polar surface area (TPSA) is 172 Å². The van der Waals surface area contributed by atoms with E-state index in [1.165, 1.54) is 0 Å². The molecule has 0 saturated carbocycles. The van der Waals surface area contributed by atoms with Crippen molar-refractivity contribution in [3.05, 3.63) is 0 Å². The second kappa shape index (κ2) is 26.3. The Balaban J connectivity index is -0.000000196. The Morgan fingerprint density at radius 2 is 0.559 bits per heavy atom. The molecule has 34 heavy (non-hydrogen) atoms. The Kier molecular flexibility index (Phi) is 32.1. The number of hydrogen-bond acceptors (Lipinski definition) is 9. The monoisotopic (exact) mass is 564 g/mol. The third kappa shape index (κ3) is 53.6. The summed E-state index contributed by atoms with van der Waals surface area (Å²) in [6.45, 7) is 6.26. The molecule has 0 heterocycles. The van der Waals surface area contributed by atoms with E-state index in [1.807, 2.05) is 0 Å². The van der Waals surface area contributed by atoms with Crippen LogP contribution in [0.15, 0.2) is 0 Å². The van der Waals surface area contributed by atoms with Crippen LogP contribution in [0.2, 0.25) is 0 Å². The summed E-state index contributed by atoms with van der Waals surface area (Å²) in [6, 6.07) is 0. The van der Waals surface area contributed by atoms with Gasteiger partial charge in [-0.2, -0.15) is 0 Å². The van der Waals surface area contributed by atoms with Gasteiger partial charge in [0.1, 0.15) is 0 Å². The molecule has 0 atom stereocenters. The van der Waals surface area contributed by atoms with Gasteiger partial charge in [0.25, 0.3) is 0 Å². The maximum absolute atomic E-state index is 10.1. The minimum atomic E-state index is -3.96. The summed E-state index contributed by atoms with van der Waals surface area (Å²) in [5, 5.41) is 0. The van der Waals surface area contributed by atoms with Gasteiger partial charge < -0.3 is 13.7 Å². The third-order valence-electron chi connectivity index (χ3n) is 4.49. The van der Waals surface area contributed by atoms with Gasteiger partial charge in [-0.25, -0.2) is 25.3 Å². The Hall–Kier alpha value is 0.262. The molecule has 0 fully saturated rings. The average molecular weight is 565 g/mol. The van der Waals surface area contributed by atoms with Crippen LogP contribution in [0.25, 0.3) is 0 Å². The minimum Gasteiger partial charge on any atom is -0.748 e. The summed E-state index contributed by atoms with van der Waals surface area (Å²) >= 11 is 0. The minimum absolute atomic E-state index is 0. The van der Waals surface area contributed by atoms with E-state index < -0.39 is 30.4 Å². The molecule has 0 bridgehead atoms. The molecule has 0 aliphatic heterocycles. The fourth-order valence-electron chi connectivity index (χ4n) is 2.65. The molecule has 0 N–H and O–H groups in total. The summed E-state index contributed by atoms with van der Waals surface area (Å²) in [6.07, 6.45) is 14.0. The maximum Gasteiger partial charge on any atom is 3.00 e. The molecular weight excluding hydrogens is 519 g/mol. The van der Waals surface area contributed by atoms with Gasteiger partial charge in [-0.3, -0.25) is 0 Å². The zero-order valence-corrected chi connectivity index (χ0v) is 24.8. The van der Waals surface area contributed by atoms with Crippen LogP contribution in [0, 0.1) is 0 Å². The molecule has 0 rings (SSSR count).